The maximum Gasteiger partial charge on any atom is 0.505 e. The third kappa shape index (κ3) is 7.55. The maximum absolute atomic E-state index is 10.6. The fourth-order valence-corrected chi connectivity index (χ4v) is 0.862. The van der Waals surface area contributed by atoms with Crippen molar-refractivity contribution in [3.05, 3.63) is 35.9 Å². The van der Waals surface area contributed by atoms with E-state index >= 15 is 0 Å². The molecule has 0 fully saturated rings. The molecule has 0 aliphatic heterocycles. The topological polar surface area (TPSA) is 63.6 Å². The van der Waals surface area contributed by atoms with E-state index in [9.17, 15) is 9.59 Å². The van der Waals surface area contributed by atoms with E-state index in [0.29, 0.717) is 6.61 Å². The van der Waals surface area contributed by atoms with Gasteiger partial charge in [-0.05, 0) is 13.3 Å². The second-order valence-electron chi connectivity index (χ2n) is 3.04. The van der Waals surface area contributed by atoms with E-state index in [-0.39, 0.29) is 5.78 Å². The number of benzene rings is 1. The van der Waals surface area contributed by atoms with Crippen molar-refractivity contribution in [2.45, 2.75) is 20.3 Å². The molecule has 88 valence electrons. The van der Waals surface area contributed by atoms with Gasteiger partial charge in [-0.3, -0.25) is 4.79 Å². The van der Waals surface area contributed by atoms with Crippen molar-refractivity contribution >= 4 is 11.9 Å². The lowest BCUT2D eigenvalue weighted by Gasteiger charge is -1.91. The van der Waals surface area contributed by atoms with Gasteiger partial charge in [0.1, 0.15) is 0 Å². The summed E-state index contributed by atoms with van der Waals surface area (Å²) in [6, 6.07) is 9.23. The Hall–Kier alpha value is -1.84. The summed E-state index contributed by atoms with van der Waals surface area (Å²) in [5.41, 5.74) is 0.775. The summed E-state index contributed by atoms with van der Waals surface area (Å²) in [5.74, 6) is 0.121. The summed E-state index contributed by atoms with van der Waals surface area (Å²) in [4.78, 5) is 20.2. The summed E-state index contributed by atoms with van der Waals surface area (Å²) in [6.45, 7) is 3.72. The number of Topliss-reactive ketones (excluding diaryl/α,β-unsaturated/α-hetero) is 1. The molecule has 0 amide bonds. The molecule has 1 rings (SSSR count). The van der Waals surface area contributed by atoms with Gasteiger partial charge in [0.15, 0.2) is 5.78 Å². The van der Waals surface area contributed by atoms with Gasteiger partial charge in [0.05, 0.1) is 6.61 Å². The molecule has 1 N–H and O–H groups in total. The highest BCUT2D eigenvalue weighted by Gasteiger charge is 1.92. The minimum Gasteiger partial charge on any atom is -0.450 e. The van der Waals surface area contributed by atoms with Crippen LogP contribution < -0.4 is 0 Å². The van der Waals surface area contributed by atoms with Crippen LogP contribution in [0.25, 0.3) is 0 Å². The standard InChI is InChI=1S/C8H8O.C4H8O3/c1-7(9)8-5-3-2-4-6-8;1-2-3-7-4(5)6/h2-6H,1H3;2-3H2,1H3,(H,5,6). The highest BCUT2D eigenvalue weighted by molar-refractivity contribution is 5.93. The van der Waals surface area contributed by atoms with Crippen molar-refractivity contribution in [1.29, 1.82) is 0 Å². The van der Waals surface area contributed by atoms with Crippen LogP contribution in [-0.4, -0.2) is 23.7 Å². The van der Waals surface area contributed by atoms with Crippen LogP contribution in [0.5, 0.6) is 0 Å². The number of hydrogen-bond acceptors (Lipinski definition) is 3. The first-order chi connectivity index (χ1) is 7.57. The van der Waals surface area contributed by atoms with Crippen LogP contribution in [0, 0.1) is 0 Å². The number of carbonyl (C=O) groups excluding carboxylic acids is 1. The number of hydrogen-bond donors (Lipinski definition) is 1. The molecule has 0 atom stereocenters. The first-order valence-electron chi connectivity index (χ1n) is 4.99. The fraction of sp³-hybridized carbons (Fsp3) is 0.333. The van der Waals surface area contributed by atoms with Crippen LogP contribution >= 0.6 is 0 Å². The molecule has 4 nitrogen and oxygen atoms in total. The minimum atomic E-state index is -1.19. The summed E-state index contributed by atoms with van der Waals surface area (Å²) in [6.07, 6.45) is -0.450. The monoisotopic (exact) mass is 224 g/mol. The van der Waals surface area contributed by atoms with Crippen LogP contribution in [0.3, 0.4) is 0 Å². The van der Waals surface area contributed by atoms with Gasteiger partial charge in [0, 0.05) is 5.56 Å². The zero-order chi connectivity index (χ0) is 12.4. The zero-order valence-electron chi connectivity index (χ0n) is 9.47. The van der Waals surface area contributed by atoms with Gasteiger partial charge in [-0.15, -0.1) is 0 Å². The minimum absolute atomic E-state index is 0.121. The van der Waals surface area contributed by atoms with Crippen molar-refractivity contribution < 1.29 is 19.4 Å². The third-order valence-electron chi connectivity index (χ3n) is 1.61. The molecule has 0 spiro atoms. The van der Waals surface area contributed by atoms with Crippen molar-refractivity contribution in [2.24, 2.45) is 0 Å². The van der Waals surface area contributed by atoms with Crippen molar-refractivity contribution in [3.63, 3.8) is 0 Å². The van der Waals surface area contributed by atoms with Crippen molar-refractivity contribution in [1.82, 2.24) is 0 Å². The third-order valence-corrected chi connectivity index (χ3v) is 1.61. The summed E-state index contributed by atoms with van der Waals surface area (Å²) >= 11 is 0. The van der Waals surface area contributed by atoms with E-state index < -0.39 is 6.16 Å². The molecule has 0 heterocycles. The molecular formula is C12H16O4. The molecule has 1 aromatic rings. The number of ether oxygens (including phenoxy) is 1. The van der Waals surface area contributed by atoms with E-state index in [1.807, 2.05) is 37.3 Å². The smallest absolute Gasteiger partial charge is 0.450 e. The molecule has 4 heteroatoms. The Bertz CT molecular complexity index is 319. The average Bonchev–Trinajstić information content (AvgIpc) is 2.28. The van der Waals surface area contributed by atoms with Crippen LogP contribution in [0.4, 0.5) is 4.79 Å². The quantitative estimate of drug-likeness (QED) is 0.633. The predicted molar refractivity (Wildman–Crippen MR) is 60.7 cm³/mol. The van der Waals surface area contributed by atoms with Gasteiger partial charge in [0.25, 0.3) is 0 Å². The maximum atomic E-state index is 10.6. The molecule has 1 aromatic carbocycles. The molecular weight excluding hydrogens is 208 g/mol. The van der Waals surface area contributed by atoms with Crippen LogP contribution in [-0.2, 0) is 4.74 Å². The Balaban J connectivity index is 0.000000293. The number of ketones is 1. The average molecular weight is 224 g/mol. The molecule has 0 saturated heterocycles. The normalized spacial score (nSPS) is 8.62. The van der Waals surface area contributed by atoms with Gasteiger partial charge in [-0.2, -0.15) is 0 Å². The Labute approximate surface area is 94.9 Å². The lowest BCUT2D eigenvalue weighted by Crippen LogP contribution is -1.99. The van der Waals surface area contributed by atoms with Crippen molar-refractivity contribution in [2.75, 3.05) is 6.61 Å². The molecule has 0 saturated carbocycles. The van der Waals surface area contributed by atoms with E-state index in [4.69, 9.17) is 5.11 Å². The van der Waals surface area contributed by atoms with Crippen LogP contribution in [0.1, 0.15) is 30.6 Å². The summed E-state index contributed by atoms with van der Waals surface area (Å²) in [5, 5.41) is 7.82. The van der Waals surface area contributed by atoms with E-state index in [0.717, 1.165) is 12.0 Å². The fourth-order valence-electron chi connectivity index (χ4n) is 0.862. The zero-order valence-corrected chi connectivity index (χ0v) is 9.47. The Morgan fingerprint density at radius 1 is 1.25 bits per heavy atom. The Morgan fingerprint density at radius 2 is 1.81 bits per heavy atom. The van der Waals surface area contributed by atoms with Gasteiger partial charge in [-0.25, -0.2) is 4.79 Å². The SMILES string of the molecule is CC(=O)c1ccccc1.CCCOC(=O)O. The van der Waals surface area contributed by atoms with Crippen molar-refractivity contribution in [3.8, 4) is 0 Å². The lowest BCUT2D eigenvalue weighted by molar-refractivity contribution is 0.0916. The molecule has 0 bridgehead atoms. The van der Waals surface area contributed by atoms with Crippen LogP contribution in [0.15, 0.2) is 30.3 Å². The number of rotatable bonds is 3. The molecule has 0 aliphatic rings. The van der Waals surface area contributed by atoms with E-state index in [1.54, 1.807) is 6.92 Å². The van der Waals surface area contributed by atoms with Gasteiger partial charge in [-0.1, -0.05) is 37.3 Å². The summed E-state index contributed by atoms with van der Waals surface area (Å²) < 4.78 is 4.11. The van der Waals surface area contributed by atoms with Crippen LogP contribution in [0.2, 0.25) is 0 Å². The lowest BCUT2D eigenvalue weighted by atomic mass is 10.2. The highest BCUT2D eigenvalue weighted by atomic mass is 16.7. The molecule has 16 heavy (non-hydrogen) atoms. The van der Waals surface area contributed by atoms with E-state index in [1.165, 1.54) is 0 Å². The Morgan fingerprint density at radius 3 is 2.06 bits per heavy atom. The largest absolute Gasteiger partial charge is 0.505 e. The second kappa shape index (κ2) is 8.47. The molecule has 0 aromatic heterocycles. The van der Waals surface area contributed by atoms with Gasteiger partial charge >= 0.3 is 6.16 Å². The molecule has 0 aliphatic carbocycles. The second-order valence-corrected chi connectivity index (χ2v) is 3.04. The number of carboxylic acid groups (broad SMARTS) is 1. The van der Waals surface area contributed by atoms with E-state index in [2.05, 4.69) is 4.74 Å². The van der Waals surface area contributed by atoms with Gasteiger partial charge < -0.3 is 9.84 Å². The highest BCUT2D eigenvalue weighted by Crippen LogP contribution is 1.97. The first-order valence-corrected chi connectivity index (χ1v) is 4.99. The Kier molecular flexibility index (Phi) is 7.49. The predicted octanol–water partition coefficient (Wildman–Crippen LogP) is 2.98. The molecule has 0 unspecified atom stereocenters. The number of carbonyl (C=O) groups is 2. The first kappa shape index (κ1) is 14.2. The van der Waals surface area contributed by atoms with Gasteiger partial charge in [0.2, 0.25) is 0 Å². The molecule has 0 radical (unpaired) electrons. The summed E-state index contributed by atoms with van der Waals surface area (Å²) in [7, 11) is 0.